The van der Waals surface area contributed by atoms with Crippen molar-refractivity contribution in [1.29, 1.82) is 0 Å². The second-order valence-electron chi connectivity index (χ2n) is 6.73. The molecule has 0 spiro atoms. The quantitative estimate of drug-likeness (QED) is 0.841. The highest BCUT2D eigenvalue weighted by molar-refractivity contribution is 6.07. The average molecular weight is 376 g/mol. The van der Waals surface area contributed by atoms with Crippen molar-refractivity contribution in [1.82, 2.24) is 15.2 Å². The fraction of sp³-hybridized carbons (Fsp3) is 0.421. The molecule has 1 aromatic heterocycles. The molecule has 2 heterocycles. The van der Waals surface area contributed by atoms with Gasteiger partial charge >= 0.3 is 0 Å². The van der Waals surface area contributed by atoms with Gasteiger partial charge in [-0.2, -0.15) is 0 Å². The third-order valence-corrected chi connectivity index (χ3v) is 4.62. The molecule has 1 saturated heterocycles. The SMILES string of the molecule is CCNc1ccc2nccc(C(=O)NCC(=O)N3CC(F)(F)CC3C)c2c1. The van der Waals surface area contributed by atoms with E-state index in [1.54, 1.807) is 13.0 Å². The van der Waals surface area contributed by atoms with Gasteiger partial charge in [-0.25, -0.2) is 8.78 Å². The van der Waals surface area contributed by atoms with Crippen LogP contribution < -0.4 is 10.6 Å². The van der Waals surface area contributed by atoms with Crippen molar-refractivity contribution in [3.63, 3.8) is 0 Å². The first-order valence-corrected chi connectivity index (χ1v) is 8.89. The lowest BCUT2D eigenvalue weighted by Crippen LogP contribution is -2.42. The molecular formula is C19H22F2N4O2. The first kappa shape index (κ1) is 19.0. The predicted molar refractivity (Wildman–Crippen MR) is 99.0 cm³/mol. The van der Waals surface area contributed by atoms with E-state index in [0.717, 1.165) is 17.1 Å². The van der Waals surface area contributed by atoms with Crippen molar-refractivity contribution in [3.05, 3.63) is 36.0 Å². The Hall–Kier alpha value is -2.77. The summed E-state index contributed by atoms with van der Waals surface area (Å²) in [7, 11) is 0. The molecule has 2 aromatic rings. The second kappa shape index (κ2) is 7.46. The molecule has 3 rings (SSSR count). The van der Waals surface area contributed by atoms with Crippen molar-refractivity contribution in [2.45, 2.75) is 32.2 Å². The summed E-state index contributed by atoms with van der Waals surface area (Å²) in [4.78, 5) is 30.2. The van der Waals surface area contributed by atoms with E-state index in [0.29, 0.717) is 16.5 Å². The molecule has 6 nitrogen and oxygen atoms in total. The smallest absolute Gasteiger partial charge is 0.267 e. The number of hydrogen-bond donors (Lipinski definition) is 2. The molecule has 1 aliphatic rings. The van der Waals surface area contributed by atoms with Crippen LogP contribution in [-0.4, -0.2) is 53.3 Å². The normalized spacial score (nSPS) is 18.5. The summed E-state index contributed by atoms with van der Waals surface area (Å²) >= 11 is 0. The topological polar surface area (TPSA) is 74.3 Å². The van der Waals surface area contributed by atoms with Gasteiger partial charge < -0.3 is 15.5 Å². The molecule has 1 aliphatic heterocycles. The zero-order valence-electron chi connectivity index (χ0n) is 15.3. The fourth-order valence-corrected chi connectivity index (χ4v) is 3.36. The maximum Gasteiger partial charge on any atom is 0.267 e. The average Bonchev–Trinajstić information content (AvgIpc) is 2.91. The summed E-state index contributed by atoms with van der Waals surface area (Å²) in [5.74, 6) is -3.83. The highest BCUT2D eigenvalue weighted by atomic mass is 19.3. The molecule has 1 unspecified atom stereocenters. The lowest BCUT2D eigenvalue weighted by molar-refractivity contribution is -0.131. The summed E-state index contributed by atoms with van der Waals surface area (Å²) in [6.45, 7) is 3.36. The maximum atomic E-state index is 13.5. The lowest BCUT2D eigenvalue weighted by Gasteiger charge is -2.21. The second-order valence-corrected chi connectivity index (χ2v) is 6.73. The van der Waals surface area contributed by atoms with Gasteiger partial charge in [-0.1, -0.05) is 0 Å². The summed E-state index contributed by atoms with van der Waals surface area (Å²) in [6.07, 6.45) is 1.17. The number of nitrogens with one attached hydrogen (secondary N) is 2. The summed E-state index contributed by atoms with van der Waals surface area (Å²) in [5, 5.41) is 6.37. The van der Waals surface area contributed by atoms with Gasteiger partial charge in [0.1, 0.15) is 0 Å². The Morgan fingerprint density at radius 2 is 2.11 bits per heavy atom. The van der Waals surface area contributed by atoms with Crippen LogP contribution in [0.25, 0.3) is 10.9 Å². The van der Waals surface area contributed by atoms with Gasteiger partial charge in [-0.15, -0.1) is 0 Å². The number of pyridine rings is 1. The van der Waals surface area contributed by atoms with E-state index >= 15 is 0 Å². The Kier molecular flexibility index (Phi) is 5.25. The van der Waals surface area contributed by atoms with E-state index in [4.69, 9.17) is 0 Å². The van der Waals surface area contributed by atoms with Crippen molar-refractivity contribution < 1.29 is 18.4 Å². The number of benzene rings is 1. The van der Waals surface area contributed by atoms with Gasteiger partial charge in [0.2, 0.25) is 5.91 Å². The first-order chi connectivity index (χ1) is 12.8. The van der Waals surface area contributed by atoms with Crippen LogP contribution in [0.15, 0.2) is 30.5 Å². The minimum absolute atomic E-state index is 0.323. The molecule has 27 heavy (non-hydrogen) atoms. The molecule has 2 N–H and O–H groups in total. The van der Waals surface area contributed by atoms with Gasteiger partial charge in [0, 0.05) is 36.3 Å². The Bertz CT molecular complexity index is 872. The molecule has 144 valence electrons. The molecule has 0 aliphatic carbocycles. The predicted octanol–water partition coefficient (Wildman–Crippen LogP) is 2.65. The van der Waals surface area contributed by atoms with Gasteiger partial charge in [0.25, 0.3) is 11.8 Å². The molecule has 0 bridgehead atoms. The standard InChI is InChI=1S/C19H22F2N4O2/c1-3-22-13-4-5-16-15(8-13)14(6-7-23-16)18(27)24-10-17(26)25-11-19(20,21)9-12(25)2/h4-8,12,22H,3,9-11H2,1-2H3,(H,24,27). The number of fused-ring (bicyclic) bond motifs is 1. The van der Waals surface area contributed by atoms with Crippen LogP contribution in [0.2, 0.25) is 0 Å². The van der Waals surface area contributed by atoms with Gasteiger partial charge in [-0.05, 0) is 38.1 Å². The van der Waals surface area contributed by atoms with Crippen LogP contribution in [0.5, 0.6) is 0 Å². The van der Waals surface area contributed by atoms with E-state index in [9.17, 15) is 18.4 Å². The zero-order valence-corrected chi connectivity index (χ0v) is 15.3. The number of carbonyl (C=O) groups excluding carboxylic acids is 2. The minimum atomic E-state index is -2.87. The highest BCUT2D eigenvalue weighted by Crippen LogP contribution is 2.31. The molecule has 8 heteroatoms. The monoisotopic (exact) mass is 376 g/mol. The van der Waals surface area contributed by atoms with Crippen LogP contribution in [-0.2, 0) is 4.79 Å². The molecule has 1 atom stereocenters. The van der Waals surface area contributed by atoms with E-state index in [1.807, 2.05) is 25.1 Å². The van der Waals surface area contributed by atoms with Crippen LogP contribution in [0.1, 0.15) is 30.6 Å². The molecule has 1 fully saturated rings. The Morgan fingerprint density at radius 1 is 1.33 bits per heavy atom. The van der Waals surface area contributed by atoms with Crippen LogP contribution in [0.4, 0.5) is 14.5 Å². The number of hydrogen-bond acceptors (Lipinski definition) is 4. The summed E-state index contributed by atoms with van der Waals surface area (Å²) < 4.78 is 26.9. The van der Waals surface area contributed by atoms with E-state index in [1.165, 1.54) is 6.20 Å². The highest BCUT2D eigenvalue weighted by Gasteiger charge is 2.44. The maximum absolute atomic E-state index is 13.5. The third kappa shape index (κ3) is 4.15. The number of amides is 2. The Morgan fingerprint density at radius 3 is 2.78 bits per heavy atom. The van der Waals surface area contributed by atoms with Crippen molar-refractivity contribution in [2.75, 3.05) is 25.0 Å². The van der Waals surface area contributed by atoms with Gasteiger partial charge in [0.05, 0.1) is 24.2 Å². The first-order valence-electron chi connectivity index (χ1n) is 8.89. The van der Waals surface area contributed by atoms with E-state index < -0.39 is 30.3 Å². The van der Waals surface area contributed by atoms with Crippen LogP contribution >= 0.6 is 0 Å². The molecule has 2 amide bonds. The molecule has 0 saturated carbocycles. The fourth-order valence-electron chi connectivity index (χ4n) is 3.36. The number of aromatic nitrogens is 1. The number of alkyl halides is 2. The summed E-state index contributed by atoms with van der Waals surface area (Å²) in [5.41, 5.74) is 1.90. The van der Waals surface area contributed by atoms with Gasteiger partial charge in [-0.3, -0.25) is 14.6 Å². The zero-order chi connectivity index (χ0) is 19.6. The van der Waals surface area contributed by atoms with Crippen molar-refractivity contribution in [3.8, 4) is 0 Å². The van der Waals surface area contributed by atoms with E-state index in [-0.39, 0.29) is 13.0 Å². The minimum Gasteiger partial charge on any atom is -0.385 e. The number of carbonyl (C=O) groups is 2. The van der Waals surface area contributed by atoms with Crippen molar-refractivity contribution >= 4 is 28.4 Å². The van der Waals surface area contributed by atoms with Crippen LogP contribution in [0, 0.1) is 0 Å². The Labute approximate surface area is 155 Å². The number of rotatable bonds is 5. The number of halogens is 2. The molecule has 1 aromatic carbocycles. The van der Waals surface area contributed by atoms with Gasteiger partial charge in [0.15, 0.2) is 0 Å². The largest absolute Gasteiger partial charge is 0.385 e. The molecular weight excluding hydrogens is 354 g/mol. The third-order valence-electron chi connectivity index (χ3n) is 4.62. The summed E-state index contributed by atoms with van der Waals surface area (Å²) in [6, 6.07) is 6.53. The number of anilines is 1. The lowest BCUT2D eigenvalue weighted by atomic mass is 10.1. The Balaban J connectivity index is 1.73. The number of likely N-dealkylation sites (tertiary alicyclic amines) is 1. The van der Waals surface area contributed by atoms with E-state index in [2.05, 4.69) is 15.6 Å². The molecule has 0 radical (unpaired) electrons. The van der Waals surface area contributed by atoms with Crippen LogP contribution in [0.3, 0.4) is 0 Å². The number of nitrogens with zero attached hydrogens (tertiary/aromatic N) is 2. The van der Waals surface area contributed by atoms with Crippen molar-refractivity contribution in [2.24, 2.45) is 0 Å².